The summed E-state index contributed by atoms with van der Waals surface area (Å²) < 4.78 is 0. The van der Waals surface area contributed by atoms with E-state index in [9.17, 15) is 14.7 Å². The van der Waals surface area contributed by atoms with Gasteiger partial charge in [0.15, 0.2) is 0 Å². The summed E-state index contributed by atoms with van der Waals surface area (Å²) in [6.07, 6.45) is 2.23. The van der Waals surface area contributed by atoms with Gasteiger partial charge in [0.1, 0.15) is 0 Å². The van der Waals surface area contributed by atoms with E-state index in [0.717, 1.165) is 5.56 Å². The third-order valence-electron chi connectivity index (χ3n) is 6.42. The van der Waals surface area contributed by atoms with Gasteiger partial charge in [-0.15, -0.1) is 0 Å². The lowest BCUT2D eigenvalue weighted by Crippen LogP contribution is -2.58. The molecule has 1 fully saturated rings. The van der Waals surface area contributed by atoms with E-state index in [1.165, 1.54) is 0 Å². The van der Waals surface area contributed by atoms with E-state index in [1.54, 1.807) is 42.3 Å². The zero-order valence-electron chi connectivity index (χ0n) is 19.4. The van der Waals surface area contributed by atoms with Gasteiger partial charge in [-0.3, -0.25) is 14.6 Å². The summed E-state index contributed by atoms with van der Waals surface area (Å²) in [6.45, 7) is 10.3. The van der Waals surface area contributed by atoms with Gasteiger partial charge < -0.3 is 15.3 Å². The highest BCUT2D eigenvalue weighted by atomic mass is 35.5. The van der Waals surface area contributed by atoms with Crippen molar-refractivity contribution in [3.05, 3.63) is 64.4 Å². The van der Waals surface area contributed by atoms with Crippen LogP contribution in [0, 0.1) is 12.3 Å². The Balaban J connectivity index is 1.68. The fraction of sp³-hybridized carbons (Fsp3) is 0.480. The molecule has 1 aliphatic heterocycles. The van der Waals surface area contributed by atoms with E-state index >= 15 is 0 Å². The average Bonchev–Trinajstić information content (AvgIpc) is 2.70. The second-order valence-corrected chi connectivity index (χ2v) is 10.4. The molecule has 1 aliphatic rings. The predicted octanol–water partition coefficient (Wildman–Crippen LogP) is 4.09. The van der Waals surface area contributed by atoms with E-state index in [-0.39, 0.29) is 18.2 Å². The van der Waals surface area contributed by atoms with Gasteiger partial charge in [0, 0.05) is 47.4 Å². The number of nitrogens with zero attached hydrogens (tertiary/aromatic N) is 2. The molecule has 0 bridgehead atoms. The molecule has 2 amide bonds. The fourth-order valence-electron chi connectivity index (χ4n) is 4.43. The van der Waals surface area contributed by atoms with Crippen molar-refractivity contribution in [2.24, 2.45) is 5.41 Å². The molecule has 1 aromatic carbocycles. The van der Waals surface area contributed by atoms with Gasteiger partial charge in [-0.25, -0.2) is 0 Å². The van der Waals surface area contributed by atoms with Crippen molar-refractivity contribution in [3.63, 3.8) is 0 Å². The molecule has 1 aromatic heterocycles. The molecule has 0 radical (unpaired) electrons. The Morgan fingerprint density at radius 1 is 1.22 bits per heavy atom. The van der Waals surface area contributed by atoms with Crippen LogP contribution in [-0.4, -0.2) is 45.4 Å². The molecular formula is C25H32ClN3O3. The normalized spacial score (nSPS) is 20.7. The second kappa shape index (κ2) is 8.83. The number of carbonyl (C=O) groups excluding carboxylic acids is 2. The average molecular weight is 458 g/mol. The number of carbonyl (C=O) groups is 2. The largest absolute Gasteiger partial charge is 0.384 e. The first-order valence-corrected chi connectivity index (χ1v) is 11.2. The molecule has 32 heavy (non-hydrogen) atoms. The third-order valence-corrected chi connectivity index (χ3v) is 6.67. The maximum absolute atomic E-state index is 13.1. The van der Waals surface area contributed by atoms with Gasteiger partial charge in [0.2, 0.25) is 5.91 Å². The highest BCUT2D eigenvalue weighted by Gasteiger charge is 2.49. The first-order valence-electron chi connectivity index (χ1n) is 10.8. The van der Waals surface area contributed by atoms with Crippen LogP contribution in [0.5, 0.6) is 0 Å². The molecular weight excluding hydrogens is 426 g/mol. The predicted molar refractivity (Wildman–Crippen MR) is 125 cm³/mol. The highest BCUT2D eigenvalue weighted by Crippen LogP contribution is 2.46. The smallest absolute Gasteiger partial charge is 0.253 e. The van der Waals surface area contributed by atoms with Crippen molar-refractivity contribution in [1.82, 2.24) is 15.2 Å². The third kappa shape index (κ3) is 4.97. The first-order chi connectivity index (χ1) is 14.8. The SMILES string of the molecule is Cc1ncccc1C(=O)NC(C)(C)CC(=O)N1CC[C@](O)(c2ccc(Cl)cc2)C(C)(C)C1. The van der Waals surface area contributed by atoms with Crippen LogP contribution in [0.4, 0.5) is 0 Å². The van der Waals surface area contributed by atoms with Gasteiger partial charge in [-0.2, -0.15) is 0 Å². The summed E-state index contributed by atoms with van der Waals surface area (Å²) in [4.78, 5) is 31.8. The number of aryl methyl sites for hydroxylation is 1. The molecule has 2 aromatic rings. The number of amides is 2. The summed E-state index contributed by atoms with van der Waals surface area (Å²) in [7, 11) is 0. The number of hydrogen-bond donors (Lipinski definition) is 2. The molecule has 1 atom stereocenters. The van der Waals surface area contributed by atoms with Crippen LogP contribution in [0.2, 0.25) is 5.02 Å². The Morgan fingerprint density at radius 2 is 1.88 bits per heavy atom. The number of likely N-dealkylation sites (tertiary alicyclic amines) is 1. The Morgan fingerprint density at radius 3 is 2.47 bits per heavy atom. The summed E-state index contributed by atoms with van der Waals surface area (Å²) in [5, 5.41) is 15.1. The monoisotopic (exact) mass is 457 g/mol. The quantitative estimate of drug-likeness (QED) is 0.708. The molecule has 2 heterocycles. The molecule has 3 rings (SSSR count). The van der Waals surface area contributed by atoms with Crippen molar-refractivity contribution in [2.75, 3.05) is 13.1 Å². The van der Waals surface area contributed by atoms with Crippen LogP contribution >= 0.6 is 11.6 Å². The number of aromatic nitrogens is 1. The number of nitrogens with one attached hydrogen (secondary N) is 1. The van der Waals surface area contributed by atoms with Crippen LogP contribution in [0.1, 0.15) is 62.2 Å². The first kappa shape index (κ1) is 24.2. The molecule has 6 nitrogen and oxygen atoms in total. The van der Waals surface area contributed by atoms with Crippen molar-refractivity contribution >= 4 is 23.4 Å². The van der Waals surface area contributed by atoms with Crippen molar-refractivity contribution in [3.8, 4) is 0 Å². The lowest BCUT2D eigenvalue weighted by atomic mass is 9.66. The Kier molecular flexibility index (Phi) is 6.68. The summed E-state index contributed by atoms with van der Waals surface area (Å²) >= 11 is 6.01. The van der Waals surface area contributed by atoms with Crippen LogP contribution in [0.3, 0.4) is 0 Å². The molecule has 2 N–H and O–H groups in total. The van der Waals surface area contributed by atoms with Gasteiger partial charge in [-0.1, -0.05) is 37.6 Å². The van der Waals surface area contributed by atoms with E-state index in [1.807, 2.05) is 39.8 Å². The van der Waals surface area contributed by atoms with E-state index < -0.39 is 16.6 Å². The van der Waals surface area contributed by atoms with E-state index in [4.69, 9.17) is 11.6 Å². The van der Waals surface area contributed by atoms with Crippen molar-refractivity contribution in [1.29, 1.82) is 0 Å². The van der Waals surface area contributed by atoms with Crippen LogP contribution in [0.25, 0.3) is 0 Å². The summed E-state index contributed by atoms with van der Waals surface area (Å²) in [5.74, 6) is -0.297. The number of pyridine rings is 1. The molecule has 0 unspecified atom stereocenters. The molecule has 172 valence electrons. The molecule has 1 saturated heterocycles. The number of piperidine rings is 1. The fourth-order valence-corrected chi connectivity index (χ4v) is 4.55. The molecule has 0 aliphatic carbocycles. The molecule has 0 spiro atoms. The van der Waals surface area contributed by atoms with Gasteiger partial charge in [0.05, 0.1) is 11.2 Å². The van der Waals surface area contributed by atoms with Gasteiger partial charge in [0.25, 0.3) is 5.91 Å². The van der Waals surface area contributed by atoms with E-state index in [0.29, 0.717) is 35.8 Å². The topological polar surface area (TPSA) is 82.5 Å². The zero-order valence-corrected chi connectivity index (χ0v) is 20.2. The minimum Gasteiger partial charge on any atom is -0.384 e. The Labute approximate surface area is 195 Å². The van der Waals surface area contributed by atoms with Gasteiger partial charge >= 0.3 is 0 Å². The number of aliphatic hydroxyl groups is 1. The van der Waals surface area contributed by atoms with Crippen LogP contribution in [0.15, 0.2) is 42.6 Å². The minimum absolute atomic E-state index is 0.0514. The summed E-state index contributed by atoms with van der Waals surface area (Å²) in [5.41, 5.74) is -0.403. The lowest BCUT2D eigenvalue weighted by molar-refractivity contribution is -0.154. The number of hydrogen-bond acceptors (Lipinski definition) is 4. The Hall–Kier alpha value is -2.44. The Bertz CT molecular complexity index is 1000. The van der Waals surface area contributed by atoms with Gasteiger partial charge in [-0.05, 0) is 57.0 Å². The van der Waals surface area contributed by atoms with Crippen LogP contribution < -0.4 is 5.32 Å². The summed E-state index contributed by atoms with van der Waals surface area (Å²) in [6, 6.07) is 10.7. The molecule has 0 saturated carbocycles. The molecule has 7 heteroatoms. The highest BCUT2D eigenvalue weighted by molar-refractivity contribution is 6.30. The maximum Gasteiger partial charge on any atom is 0.253 e. The number of rotatable bonds is 5. The second-order valence-electron chi connectivity index (χ2n) is 9.97. The number of halogens is 1. The maximum atomic E-state index is 13.1. The van der Waals surface area contributed by atoms with E-state index in [2.05, 4.69) is 10.3 Å². The van der Waals surface area contributed by atoms with Crippen molar-refractivity contribution < 1.29 is 14.7 Å². The zero-order chi connectivity index (χ0) is 23.7. The van der Waals surface area contributed by atoms with Crippen LogP contribution in [-0.2, 0) is 10.4 Å². The standard InChI is InChI=1S/C25H32ClN3O3/c1-17-20(7-6-13-27-17)22(31)28-24(4,5)15-21(30)29-14-12-25(32,23(2,3)16-29)18-8-10-19(26)11-9-18/h6-11,13,32H,12,14-16H2,1-5H3,(H,28,31)/t25-/m0/s1. The minimum atomic E-state index is -1.06. The number of benzene rings is 1. The lowest BCUT2D eigenvalue weighted by Gasteiger charge is -2.51. The van der Waals surface area contributed by atoms with Crippen molar-refractivity contribution in [2.45, 2.75) is 58.6 Å².